The number of carbonyl (C=O) groups is 1. The first-order valence-electron chi connectivity index (χ1n) is 4.66. The van der Waals surface area contributed by atoms with E-state index in [9.17, 15) is 4.79 Å². The van der Waals surface area contributed by atoms with Crippen molar-refractivity contribution in [1.29, 1.82) is 0 Å². The SMILES string of the molecule is NNc1ccc(C(=O)Nc2cn[nH]c2)cc1. The van der Waals surface area contributed by atoms with Crippen LogP contribution in [0.4, 0.5) is 11.4 Å². The minimum atomic E-state index is -0.190. The molecule has 0 atom stereocenters. The van der Waals surface area contributed by atoms with Crippen LogP contribution in [0, 0.1) is 0 Å². The van der Waals surface area contributed by atoms with E-state index < -0.39 is 0 Å². The largest absolute Gasteiger partial charge is 0.324 e. The number of nitrogens with zero attached hydrogens (tertiary/aromatic N) is 1. The number of rotatable bonds is 3. The molecule has 2 rings (SSSR count). The molecule has 1 aromatic carbocycles. The lowest BCUT2D eigenvalue weighted by Gasteiger charge is -2.03. The minimum Gasteiger partial charge on any atom is -0.324 e. The van der Waals surface area contributed by atoms with Gasteiger partial charge in [-0.1, -0.05) is 0 Å². The number of hydrogen-bond acceptors (Lipinski definition) is 4. The van der Waals surface area contributed by atoms with E-state index in [2.05, 4.69) is 20.9 Å². The Hall–Kier alpha value is -2.34. The van der Waals surface area contributed by atoms with Crippen LogP contribution in [0.1, 0.15) is 10.4 Å². The monoisotopic (exact) mass is 217 g/mol. The van der Waals surface area contributed by atoms with Gasteiger partial charge in [0.05, 0.1) is 11.9 Å². The highest BCUT2D eigenvalue weighted by Gasteiger charge is 2.05. The van der Waals surface area contributed by atoms with Crippen molar-refractivity contribution in [2.24, 2.45) is 5.84 Å². The first-order valence-corrected chi connectivity index (χ1v) is 4.66. The van der Waals surface area contributed by atoms with Crippen LogP contribution in [-0.4, -0.2) is 16.1 Å². The number of benzene rings is 1. The van der Waals surface area contributed by atoms with Gasteiger partial charge < -0.3 is 10.7 Å². The molecule has 0 radical (unpaired) electrons. The van der Waals surface area contributed by atoms with Crippen molar-refractivity contribution in [3.8, 4) is 0 Å². The highest BCUT2D eigenvalue weighted by atomic mass is 16.1. The Bertz CT molecular complexity index is 462. The fourth-order valence-corrected chi connectivity index (χ4v) is 1.24. The number of nitrogens with one attached hydrogen (secondary N) is 3. The average Bonchev–Trinajstić information content (AvgIpc) is 2.82. The van der Waals surface area contributed by atoms with Gasteiger partial charge in [-0.05, 0) is 24.3 Å². The molecule has 0 saturated heterocycles. The van der Waals surface area contributed by atoms with Gasteiger partial charge in [-0.3, -0.25) is 15.7 Å². The van der Waals surface area contributed by atoms with E-state index in [0.29, 0.717) is 11.3 Å². The lowest BCUT2D eigenvalue weighted by atomic mass is 10.2. The summed E-state index contributed by atoms with van der Waals surface area (Å²) in [6.45, 7) is 0. The molecule has 82 valence electrons. The van der Waals surface area contributed by atoms with Crippen molar-refractivity contribution < 1.29 is 4.79 Å². The number of nitrogens with two attached hydrogens (primary N) is 1. The Morgan fingerprint density at radius 1 is 1.25 bits per heavy atom. The molecule has 0 aliphatic carbocycles. The molecule has 0 spiro atoms. The molecule has 0 aliphatic heterocycles. The van der Waals surface area contributed by atoms with E-state index in [1.165, 1.54) is 6.20 Å². The quantitative estimate of drug-likeness (QED) is 0.454. The molecule has 0 fully saturated rings. The fourth-order valence-electron chi connectivity index (χ4n) is 1.24. The van der Waals surface area contributed by atoms with Crippen LogP contribution in [0.3, 0.4) is 0 Å². The summed E-state index contributed by atoms with van der Waals surface area (Å²) in [7, 11) is 0. The van der Waals surface area contributed by atoms with Crippen molar-refractivity contribution in [3.05, 3.63) is 42.2 Å². The van der Waals surface area contributed by atoms with E-state index in [-0.39, 0.29) is 5.91 Å². The zero-order valence-corrected chi connectivity index (χ0v) is 8.40. The number of aromatic amines is 1. The summed E-state index contributed by atoms with van der Waals surface area (Å²) in [5.74, 6) is 5.03. The van der Waals surface area contributed by atoms with Crippen molar-refractivity contribution in [2.75, 3.05) is 10.7 Å². The van der Waals surface area contributed by atoms with Crippen molar-refractivity contribution in [3.63, 3.8) is 0 Å². The summed E-state index contributed by atoms with van der Waals surface area (Å²) in [4.78, 5) is 11.7. The zero-order chi connectivity index (χ0) is 11.4. The maximum absolute atomic E-state index is 11.7. The Kier molecular flexibility index (Phi) is 2.84. The molecule has 1 heterocycles. The predicted octanol–water partition coefficient (Wildman–Crippen LogP) is 0.948. The highest BCUT2D eigenvalue weighted by molar-refractivity contribution is 6.04. The van der Waals surface area contributed by atoms with Crippen LogP contribution in [0.5, 0.6) is 0 Å². The second-order valence-electron chi connectivity index (χ2n) is 3.16. The molecule has 6 nitrogen and oxygen atoms in total. The van der Waals surface area contributed by atoms with Crippen molar-refractivity contribution in [2.45, 2.75) is 0 Å². The lowest BCUT2D eigenvalue weighted by molar-refractivity contribution is 0.102. The second kappa shape index (κ2) is 4.45. The third-order valence-electron chi connectivity index (χ3n) is 2.07. The van der Waals surface area contributed by atoms with E-state index in [0.717, 1.165) is 5.69 Å². The minimum absolute atomic E-state index is 0.190. The Morgan fingerprint density at radius 2 is 2.00 bits per heavy atom. The van der Waals surface area contributed by atoms with Gasteiger partial charge in [0.25, 0.3) is 5.91 Å². The summed E-state index contributed by atoms with van der Waals surface area (Å²) in [5, 5.41) is 9.03. The summed E-state index contributed by atoms with van der Waals surface area (Å²) >= 11 is 0. The van der Waals surface area contributed by atoms with E-state index in [1.807, 2.05) is 0 Å². The molecule has 0 aliphatic rings. The van der Waals surface area contributed by atoms with Gasteiger partial charge in [0, 0.05) is 17.4 Å². The third kappa shape index (κ3) is 2.18. The molecule has 0 bridgehead atoms. The summed E-state index contributed by atoms with van der Waals surface area (Å²) in [6, 6.07) is 6.82. The first-order chi connectivity index (χ1) is 7.79. The molecule has 1 aromatic heterocycles. The van der Waals surface area contributed by atoms with E-state index >= 15 is 0 Å². The molecule has 0 unspecified atom stereocenters. The summed E-state index contributed by atoms with van der Waals surface area (Å²) in [6.07, 6.45) is 3.14. The summed E-state index contributed by atoms with van der Waals surface area (Å²) in [5.41, 5.74) is 4.43. The number of anilines is 2. The van der Waals surface area contributed by atoms with Gasteiger partial charge in [0.1, 0.15) is 0 Å². The number of H-pyrrole nitrogens is 1. The van der Waals surface area contributed by atoms with Crippen LogP contribution >= 0.6 is 0 Å². The molecular weight excluding hydrogens is 206 g/mol. The van der Waals surface area contributed by atoms with Crippen molar-refractivity contribution >= 4 is 17.3 Å². The number of hydrogen-bond donors (Lipinski definition) is 4. The zero-order valence-electron chi connectivity index (χ0n) is 8.40. The standard InChI is InChI=1S/C10H11N5O/c11-15-8-3-1-7(2-4-8)10(16)14-9-5-12-13-6-9/h1-6,15H,11H2,(H,12,13)(H,14,16). The van der Waals surface area contributed by atoms with Crippen LogP contribution in [-0.2, 0) is 0 Å². The van der Waals surface area contributed by atoms with Crippen LogP contribution in [0.15, 0.2) is 36.7 Å². The van der Waals surface area contributed by atoms with Crippen LogP contribution in [0.25, 0.3) is 0 Å². The van der Waals surface area contributed by atoms with Crippen LogP contribution in [0.2, 0.25) is 0 Å². The number of nitrogen functional groups attached to an aromatic ring is 1. The van der Waals surface area contributed by atoms with Gasteiger partial charge in [0.15, 0.2) is 0 Å². The summed E-state index contributed by atoms with van der Waals surface area (Å²) < 4.78 is 0. The third-order valence-corrected chi connectivity index (χ3v) is 2.07. The Labute approximate surface area is 91.8 Å². The first kappa shape index (κ1) is 10.2. The highest BCUT2D eigenvalue weighted by Crippen LogP contribution is 2.10. The smallest absolute Gasteiger partial charge is 0.255 e. The second-order valence-corrected chi connectivity index (χ2v) is 3.16. The topological polar surface area (TPSA) is 95.8 Å². The molecule has 2 aromatic rings. The number of hydrazine groups is 1. The van der Waals surface area contributed by atoms with E-state index in [1.54, 1.807) is 30.5 Å². The number of amides is 1. The van der Waals surface area contributed by atoms with Gasteiger partial charge in [-0.2, -0.15) is 5.10 Å². The molecule has 1 amide bonds. The molecule has 5 N–H and O–H groups in total. The Morgan fingerprint density at radius 3 is 2.56 bits per heavy atom. The molecular formula is C10H11N5O. The van der Waals surface area contributed by atoms with E-state index in [4.69, 9.17) is 5.84 Å². The molecule has 0 saturated carbocycles. The number of carbonyl (C=O) groups excluding carboxylic acids is 1. The Balaban J connectivity index is 2.09. The van der Waals surface area contributed by atoms with Crippen LogP contribution < -0.4 is 16.6 Å². The van der Waals surface area contributed by atoms with Gasteiger partial charge in [0.2, 0.25) is 0 Å². The van der Waals surface area contributed by atoms with Gasteiger partial charge in [-0.25, -0.2) is 0 Å². The normalized spacial score (nSPS) is 9.81. The van der Waals surface area contributed by atoms with Gasteiger partial charge in [-0.15, -0.1) is 0 Å². The molecule has 6 heteroatoms. The lowest BCUT2D eigenvalue weighted by Crippen LogP contribution is -2.12. The average molecular weight is 217 g/mol. The van der Waals surface area contributed by atoms with Crippen molar-refractivity contribution in [1.82, 2.24) is 10.2 Å². The fraction of sp³-hybridized carbons (Fsp3) is 0. The predicted molar refractivity (Wildman–Crippen MR) is 60.8 cm³/mol. The van der Waals surface area contributed by atoms with Gasteiger partial charge >= 0.3 is 0 Å². The number of aromatic nitrogens is 2. The maximum Gasteiger partial charge on any atom is 0.255 e. The molecule has 16 heavy (non-hydrogen) atoms. The maximum atomic E-state index is 11.7.